The van der Waals surface area contributed by atoms with Gasteiger partial charge in [0.15, 0.2) is 0 Å². The van der Waals surface area contributed by atoms with Crippen molar-refractivity contribution in [1.82, 2.24) is 5.32 Å². The Hall–Kier alpha value is -3.99. The van der Waals surface area contributed by atoms with Crippen LogP contribution in [-0.4, -0.2) is 17.6 Å². The van der Waals surface area contributed by atoms with Gasteiger partial charge in [0.25, 0.3) is 5.91 Å². The highest BCUT2D eigenvalue weighted by atomic mass is 35.5. The van der Waals surface area contributed by atoms with Gasteiger partial charge >= 0.3 is 0 Å². The van der Waals surface area contributed by atoms with Gasteiger partial charge in [-0.2, -0.15) is 5.26 Å². The van der Waals surface area contributed by atoms with Gasteiger partial charge < -0.3 is 16.0 Å². The molecule has 1 aliphatic heterocycles. The van der Waals surface area contributed by atoms with Crippen molar-refractivity contribution in [3.05, 3.63) is 116 Å². The molecule has 0 saturated carbocycles. The molecule has 0 aromatic heterocycles. The van der Waals surface area contributed by atoms with Gasteiger partial charge in [0.1, 0.15) is 0 Å². The van der Waals surface area contributed by atoms with Gasteiger partial charge in [-0.05, 0) is 55.7 Å². The molecule has 6 nitrogen and oxygen atoms in total. The zero-order valence-corrected chi connectivity index (χ0v) is 22.8. The van der Waals surface area contributed by atoms with Crippen molar-refractivity contribution in [3.63, 3.8) is 0 Å². The Morgan fingerprint density at radius 3 is 2.37 bits per heavy atom. The summed E-state index contributed by atoms with van der Waals surface area (Å²) in [6.45, 7) is 5.63. The first-order valence-electron chi connectivity index (χ1n) is 12.0. The number of aryl methyl sites for hydroxylation is 2. The summed E-state index contributed by atoms with van der Waals surface area (Å²) in [5, 5.41) is 20.4. The predicted molar refractivity (Wildman–Crippen MR) is 155 cm³/mol. The molecule has 192 valence electrons. The second kappa shape index (κ2) is 12.0. The molecule has 0 radical (unpaired) electrons. The number of halogens is 1. The highest BCUT2D eigenvalue weighted by molar-refractivity contribution is 8.03. The minimum atomic E-state index is -0.590. The van der Waals surface area contributed by atoms with E-state index in [0.29, 0.717) is 38.3 Å². The normalized spacial score (nSPS) is 15.0. The van der Waals surface area contributed by atoms with Crippen molar-refractivity contribution in [2.45, 2.75) is 26.7 Å². The lowest BCUT2D eigenvalue weighted by Gasteiger charge is -2.30. The fourth-order valence-electron chi connectivity index (χ4n) is 4.21. The maximum atomic E-state index is 13.6. The number of amides is 2. The van der Waals surface area contributed by atoms with Crippen LogP contribution in [0.1, 0.15) is 29.5 Å². The highest BCUT2D eigenvalue weighted by Gasteiger charge is 2.35. The van der Waals surface area contributed by atoms with Crippen molar-refractivity contribution in [3.8, 4) is 6.07 Å². The van der Waals surface area contributed by atoms with Gasteiger partial charge in [-0.25, -0.2) is 0 Å². The Labute approximate surface area is 231 Å². The lowest BCUT2D eigenvalue weighted by molar-refractivity contribution is -0.114. The molecule has 1 atom stereocenters. The van der Waals surface area contributed by atoms with Gasteiger partial charge in [-0.1, -0.05) is 78.0 Å². The molecular formula is C30H27ClN4O2S. The van der Waals surface area contributed by atoms with Gasteiger partial charge in [-0.15, -0.1) is 0 Å². The molecule has 0 saturated heterocycles. The average molecular weight is 543 g/mol. The van der Waals surface area contributed by atoms with Gasteiger partial charge in [0.2, 0.25) is 5.91 Å². The van der Waals surface area contributed by atoms with Crippen molar-refractivity contribution in [2.75, 3.05) is 16.4 Å². The topological polar surface area (TPSA) is 94.0 Å². The molecule has 3 N–H and O–H groups in total. The van der Waals surface area contributed by atoms with Gasteiger partial charge in [0, 0.05) is 27.7 Å². The number of carbonyl (C=O) groups excluding carboxylic acids is 2. The van der Waals surface area contributed by atoms with E-state index in [4.69, 9.17) is 11.6 Å². The summed E-state index contributed by atoms with van der Waals surface area (Å²) in [4.78, 5) is 26.3. The minimum Gasteiger partial charge on any atom is -0.353 e. The van der Waals surface area contributed by atoms with Crippen LogP contribution in [0.15, 0.2) is 94.7 Å². The Morgan fingerprint density at radius 2 is 1.68 bits per heavy atom. The summed E-state index contributed by atoms with van der Waals surface area (Å²) in [6, 6.07) is 24.6. The molecule has 1 heterocycles. The van der Waals surface area contributed by atoms with E-state index in [-0.39, 0.29) is 17.6 Å². The fraction of sp³-hybridized carbons (Fsp3) is 0.167. The lowest BCUT2D eigenvalue weighted by Crippen LogP contribution is -2.31. The van der Waals surface area contributed by atoms with Crippen LogP contribution in [0.5, 0.6) is 0 Å². The Bertz CT molecular complexity index is 1490. The summed E-state index contributed by atoms with van der Waals surface area (Å²) in [6.07, 6.45) is 0. The zero-order valence-electron chi connectivity index (χ0n) is 21.3. The molecular weight excluding hydrogens is 516 g/mol. The second-order valence-corrected chi connectivity index (χ2v) is 10.3. The minimum absolute atomic E-state index is 0.0680. The van der Waals surface area contributed by atoms with E-state index in [2.05, 4.69) is 22.0 Å². The van der Waals surface area contributed by atoms with Gasteiger partial charge in [0.05, 0.1) is 28.3 Å². The van der Waals surface area contributed by atoms with Crippen LogP contribution in [0.3, 0.4) is 0 Å². The molecule has 38 heavy (non-hydrogen) atoms. The van der Waals surface area contributed by atoms with Crippen molar-refractivity contribution in [2.24, 2.45) is 0 Å². The number of hydrogen-bond donors (Lipinski definition) is 3. The number of nitriles is 1. The van der Waals surface area contributed by atoms with Crippen LogP contribution >= 0.6 is 23.4 Å². The number of nitrogens with one attached hydrogen (secondary N) is 3. The van der Waals surface area contributed by atoms with E-state index in [1.54, 1.807) is 12.1 Å². The highest BCUT2D eigenvalue weighted by Crippen LogP contribution is 2.41. The van der Waals surface area contributed by atoms with E-state index in [1.807, 2.05) is 81.4 Å². The van der Waals surface area contributed by atoms with Crippen LogP contribution in [0.25, 0.3) is 0 Å². The monoisotopic (exact) mass is 542 g/mol. The first-order valence-corrected chi connectivity index (χ1v) is 13.4. The Morgan fingerprint density at radius 1 is 0.974 bits per heavy atom. The number of para-hydroxylation sites is 1. The maximum Gasteiger partial charge on any atom is 0.254 e. The van der Waals surface area contributed by atoms with Gasteiger partial charge in [-0.3, -0.25) is 9.59 Å². The summed E-state index contributed by atoms with van der Waals surface area (Å²) in [7, 11) is 0. The molecule has 1 aliphatic rings. The van der Waals surface area contributed by atoms with Crippen molar-refractivity contribution < 1.29 is 9.59 Å². The van der Waals surface area contributed by atoms with Crippen LogP contribution < -0.4 is 16.0 Å². The summed E-state index contributed by atoms with van der Waals surface area (Å²) >= 11 is 7.40. The lowest BCUT2D eigenvalue weighted by atomic mass is 9.82. The number of carbonyl (C=O) groups is 2. The SMILES string of the molecule is CC1=C(C(=O)Nc2ccccc2C)[C@H](c2ccccc2)C(C#N)=C(SCC(=O)Nc2ccc(C)c(Cl)c2)N1. The maximum absolute atomic E-state index is 13.6. The van der Waals surface area contributed by atoms with Crippen molar-refractivity contribution >= 4 is 46.6 Å². The summed E-state index contributed by atoms with van der Waals surface area (Å²) < 4.78 is 0. The molecule has 3 aromatic carbocycles. The van der Waals surface area contributed by atoms with Crippen LogP contribution in [0, 0.1) is 25.2 Å². The molecule has 0 bridgehead atoms. The zero-order chi connectivity index (χ0) is 27.2. The fourth-order valence-corrected chi connectivity index (χ4v) is 5.29. The third kappa shape index (κ3) is 6.10. The van der Waals surface area contributed by atoms with E-state index in [9.17, 15) is 14.9 Å². The number of thioether (sulfide) groups is 1. The second-order valence-electron chi connectivity index (χ2n) is 8.93. The molecule has 8 heteroatoms. The predicted octanol–water partition coefficient (Wildman–Crippen LogP) is 6.66. The van der Waals surface area contributed by atoms with Crippen LogP contribution in [0.2, 0.25) is 5.02 Å². The molecule has 0 spiro atoms. The summed E-state index contributed by atoms with van der Waals surface area (Å²) in [5.74, 6) is -1.04. The summed E-state index contributed by atoms with van der Waals surface area (Å²) in [5.41, 5.74) is 5.45. The number of dihydropyridines is 1. The third-order valence-corrected chi connectivity index (χ3v) is 7.65. The van der Waals surface area contributed by atoms with Crippen LogP contribution in [0.4, 0.5) is 11.4 Å². The number of allylic oxidation sites excluding steroid dienone is 2. The number of nitrogens with zero attached hydrogens (tertiary/aromatic N) is 1. The number of benzene rings is 3. The van der Waals surface area contributed by atoms with E-state index >= 15 is 0 Å². The first-order chi connectivity index (χ1) is 18.3. The molecule has 0 fully saturated rings. The smallest absolute Gasteiger partial charge is 0.254 e. The molecule has 0 aliphatic carbocycles. The molecule has 3 aromatic rings. The Kier molecular flexibility index (Phi) is 8.57. The van der Waals surface area contributed by atoms with Crippen LogP contribution in [-0.2, 0) is 9.59 Å². The quantitative estimate of drug-likeness (QED) is 0.310. The number of rotatable bonds is 7. The van der Waals surface area contributed by atoms with E-state index < -0.39 is 5.92 Å². The van der Waals surface area contributed by atoms with E-state index in [0.717, 1.165) is 16.7 Å². The molecule has 0 unspecified atom stereocenters. The number of hydrogen-bond acceptors (Lipinski definition) is 5. The van der Waals surface area contributed by atoms with E-state index in [1.165, 1.54) is 11.8 Å². The third-order valence-electron chi connectivity index (χ3n) is 6.22. The largest absolute Gasteiger partial charge is 0.353 e. The molecule has 4 rings (SSSR count). The average Bonchev–Trinajstić information content (AvgIpc) is 2.91. The Balaban J connectivity index is 1.61. The molecule has 2 amide bonds. The first kappa shape index (κ1) is 27.1. The van der Waals surface area contributed by atoms with Crippen molar-refractivity contribution in [1.29, 1.82) is 5.26 Å². The standard InChI is InChI=1S/C30H27ClN4O2S/c1-18-13-14-22(15-24(18)31)34-26(36)17-38-30-23(16-32)28(21-10-5-4-6-11-21)27(20(3)33-30)29(37)35-25-12-8-7-9-19(25)2/h4-15,28,33H,17H2,1-3H3,(H,34,36)(H,35,37)/t28-/m1/s1. The number of anilines is 2.